The third-order valence-corrected chi connectivity index (χ3v) is 12.0. The van der Waals surface area contributed by atoms with E-state index in [0.29, 0.717) is 0 Å². The van der Waals surface area contributed by atoms with Crippen LogP contribution in [0.3, 0.4) is 0 Å². The first kappa shape index (κ1) is 33.9. The average Bonchev–Trinajstić information content (AvgIpc) is 3.29. The standard InChI is InChI=1S/C55H40N2O/c1-55(2)48-19-11-12-20-50(48)57-52-46-18-10-9-17-41(46)27-36-51(52)58-54-47(34-35-49(55)53(54)57)42-25-32-45(33-26-42)56(43-28-21-39(22-29-43)37-13-5-3-6-14-37)44-30-23-40(24-31-44)38-15-7-4-8-16-38/h3-36H,1-2H3. The molecule has 9 aromatic carbocycles. The number of nitrogens with zero attached hydrogens (tertiary/aromatic N) is 2. The molecule has 2 heterocycles. The zero-order chi connectivity index (χ0) is 38.8. The number of para-hydroxylation sites is 1. The number of fused-ring (bicyclic) bond motifs is 6. The highest BCUT2D eigenvalue weighted by atomic mass is 16.5. The van der Waals surface area contributed by atoms with Crippen molar-refractivity contribution in [1.29, 1.82) is 0 Å². The third kappa shape index (κ3) is 5.43. The van der Waals surface area contributed by atoms with E-state index in [4.69, 9.17) is 4.74 Å². The number of hydrogen-bond acceptors (Lipinski definition) is 3. The van der Waals surface area contributed by atoms with Crippen LogP contribution in [-0.4, -0.2) is 0 Å². The molecule has 0 saturated carbocycles. The highest BCUT2D eigenvalue weighted by Crippen LogP contribution is 2.63. The molecule has 0 saturated heterocycles. The Labute approximate surface area is 339 Å². The minimum Gasteiger partial charge on any atom is -0.452 e. The van der Waals surface area contributed by atoms with E-state index in [2.05, 4.69) is 230 Å². The SMILES string of the molecule is CC1(C)c2ccccc2N2c3c1ccc(-c1ccc(N(c4ccc(-c5ccccc5)cc4)c4ccc(-c5ccccc5)cc4)cc1)c3Oc1ccc3ccccc3c12. The predicted molar refractivity (Wildman–Crippen MR) is 242 cm³/mol. The number of hydrogen-bond donors (Lipinski definition) is 0. The van der Waals surface area contributed by atoms with Crippen molar-refractivity contribution in [2.24, 2.45) is 0 Å². The van der Waals surface area contributed by atoms with Crippen molar-refractivity contribution < 1.29 is 4.74 Å². The number of benzene rings is 9. The lowest BCUT2D eigenvalue weighted by molar-refractivity contribution is 0.474. The van der Waals surface area contributed by atoms with Gasteiger partial charge in [-0.25, -0.2) is 0 Å². The van der Waals surface area contributed by atoms with Crippen molar-refractivity contribution in [3.63, 3.8) is 0 Å². The van der Waals surface area contributed by atoms with Crippen molar-refractivity contribution in [2.45, 2.75) is 19.3 Å². The maximum Gasteiger partial charge on any atom is 0.159 e. The molecule has 276 valence electrons. The molecule has 2 aliphatic rings. The molecule has 2 aliphatic heterocycles. The summed E-state index contributed by atoms with van der Waals surface area (Å²) in [5, 5.41) is 2.37. The molecule has 0 radical (unpaired) electrons. The zero-order valence-corrected chi connectivity index (χ0v) is 32.4. The van der Waals surface area contributed by atoms with Crippen molar-refractivity contribution in [3.05, 3.63) is 217 Å². The molecule has 3 heteroatoms. The molecule has 0 fully saturated rings. The van der Waals surface area contributed by atoms with Gasteiger partial charge in [0, 0.05) is 33.4 Å². The molecule has 0 aliphatic carbocycles. The number of ether oxygens (including phenoxy) is 1. The van der Waals surface area contributed by atoms with Gasteiger partial charge in [-0.3, -0.25) is 0 Å². The molecule has 0 aromatic heterocycles. The maximum absolute atomic E-state index is 7.09. The summed E-state index contributed by atoms with van der Waals surface area (Å²) in [5.41, 5.74) is 15.9. The second-order valence-corrected chi connectivity index (χ2v) is 15.8. The molecule has 11 rings (SSSR count). The summed E-state index contributed by atoms with van der Waals surface area (Å²) in [6, 6.07) is 74.1. The van der Waals surface area contributed by atoms with Crippen LogP contribution in [-0.2, 0) is 5.41 Å². The van der Waals surface area contributed by atoms with Gasteiger partial charge in [-0.15, -0.1) is 0 Å². The number of rotatable bonds is 6. The van der Waals surface area contributed by atoms with Crippen LogP contribution in [0.25, 0.3) is 44.2 Å². The van der Waals surface area contributed by atoms with Crippen molar-refractivity contribution >= 4 is 44.9 Å². The summed E-state index contributed by atoms with van der Waals surface area (Å²) in [5.74, 6) is 1.75. The lowest BCUT2D eigenvalue weighted by Gasteiger charge is -2.45. The summed E-state index contributed by atoms with van der Waals surface area (Å²) < 4.78 is 7.09. The van der Waals surface area contributed by atoms with Gasteiger partial charge in [-0.2, -0.15) is 0 Å². The highest BCUT2D eigenvalue weighted by molar-refractivity contribution is 6.07. The maximum atomic E-state index is 7.09. The van der Waals surface area contributed by atoms with Gasteiger partial charge in [-0.1, -0.05) is 172 Å². The van der Waals surface area contributed by atoms with E-state index in [1.165, 1.54) is 49.8 Å². The Balaban J connectivity index is 1.03. The second kappa shape index (κ2) is 13.4. The van der Waals surface area contributed by atoms with Crippen LogP contribution in [0.2, 0.25) is 0 Å². The first-order valence-corrected chi connectivity index (χ1v) is 20.0. The molecule has 3 nitrogen and oxygen atoms in total. The van der Waals surface area contributed by atoms with Gasteiger partial charge in [0.25, 0.3) is 0 Å². The van der Waals surface area contributed by atoms with E-state index in [-0.39, 0.29) is 5.41 Å². The first-order chi connectivity index (χ1) is 28.5. The van der Waals surface area contributed by atoms with E-state index in [0.717, 1.165) is 51.1 Å². The Hall–Kier alpha value is -7.36. The summed E-state index contributed by atoms with van der Waals surface area (Å²) in [7, 11) is 0. The van der Waals surface area contributed by atoms with E-state index >= 15 is 0 Å². The van der Waals surface area contributed by atoms with Gasteiger partial charge < -0.3 is 14.5 Å². The van der Waals surface area contributed by atoms with E-state index in [1.807, 2.05) is 0 Å². The third-order valence-electron chi connectivity index (χ3n) is 12.0. The molecular weight excluding hydrogens is 705 g/mol. The van der Waals surface area contributed by atoms with Gasteiger partial charge in [0.1, 0.15) is 0 Å². The predicted octanol–water partition coefficient (Wildman–Crippen LogP) is 15.5. The average molecular weight is 745 g/mol. The summed E-state index contributed by atoms with van der Waals surface area (Å²) in [6.07, 6.45) is 0. The van der Waals surface area contributed by atoms with Crippen LogP contribution >= 0.6 is 0 Å². The fourth-order valence-corrected chi connectivity index (χ4v) is 9.09. The smallest absolute Gasteiger partial charge is 0.159 e. The van der Waals surface area contributed by atoms with E-state index in [1.54, 1.807) is 0 Å². The Morgan fingerprint density at radius 1 is 0.414 bits per heavy atom. The highest BCUT2D eigenvalue weighted by Gasteiger charge is 2.43. The minimum absolute atomic E-state index is 0.225. The van der Waals surface area contributed by atoms with Gasteiger partial charge >= 0.3 is 0 Å². The molecule has 0 N–H and O–H groups in total. The van der Waals surface area contributed by atoms with Crippen molar-refractivity contribution in [2.75, 3.05) is 9.80 Å². The summed E-state index contributed by atoms with van der Waals surface area (Å²) in [4.78, 5) is 4.80. The van der Waals surface area contributed by atoms with E-state index in [9.17, 15) is 0 Å². The molecule has 58 heavy (non-hydrogen) atoms. The first-order valence-electron chi connectivity index (χ1n) is 20.0. The van der Waals surface area contributed by atoms with Crippen LogP contribution in [0.5, 0.6) is 11.5 Å². The van der Waals surface area contributed by atoms with Crippen LogP contribution in [0.1, 0.15) is 25.0 Å². The Bertz CT molecular complexity index is 2890. The Kier molecular flexibility index (Phi) is 7.84. The fraction of sp³-hybridized carbons (Fsp3) is 0.0545. The molecule has 0 amide bonds. The summed E-state index contributed by atoms with van der Waals surface area (Å²) in [6.45, 7) is 4.67. The van der Waals surface area contributed by atoms with Gasteiger partial charge in [0.15, 0.2) is 11.5 Å². The van der Waals surface area contributed by atoms with Crippen molar-refractivity contribution in [3.8, 4) is 44.9 Å². The summed E-state index contributed by atoms with van der Waals surface area (Å²) >= 11 is 0. The van der Waals surface area contributed by atoms with Gasteiger partial charge in [-0.05, 0) is 92.9 Å². The van der Waals surface area contributed by atoms with E-state index < -0.39 is 0 Å². The second-order valence-electron chi connectivity index (χ2n) is 15.8. The molecule has 0 spiro atoms. The number of anilines is 6. The normalized spacial score (nSPS) is 13.2. The molecule has 9 aromatic rings. The van der Waals surface area contributed by atoms with Crippen LogP contribution in [0, 0.1) is 0 Å². The fourth-order valence-electron chi connectivity index (χ4n) is 9.09. The van der Waals surface area contributed by atoms with Gasteiger partial charge in [0.05, 0.1) is 17.1 Å². The minimum atomic E-state index is -0.225. The Morgan fingerprint density at radius 3 is 1.55 bits per heavy atom. The topological polar surface area (TPSA) is 15.7 Å². The van der Waals surface area contributed by atoms with Crippen LogP contribution in [0.15, 0.2) is 206 Å². The Morgan fingerprint density at radius 2 is 0.931 bits per heavy atom. The lowest BCUT2D eigenvalue weighted by Crippen LogP contribution is -2.32. The molecular formula is C55H40N2O. The monoisotopic (exact) mass is 744 g/mol. The molecule has 0 unspecified atom stereocenters. The largest absolute Gasteiger partial charge is 0.452 e. The van der Waals surface area contributed by atoms with Gasteiger partial charge in [0.2, 0.25) is 0 Å². The molecule has 0 atom stereocenters. The van der Waals surface area contributed by atoms with Crippen LogP contribution < -0.4 is 14.5 Å². The quantitative estimate of drug-likeness (QED) is 0.169. The lowest BCUT2D eigenvalue weighted by atomic mass is 9.72. The van der Waals surface area contributed by atoms with Crippen molar-refractivity contribution in [1.82, 2.24) is 0 Å². The van der Waals surface area contributed by atoms with Crippen LogP contribution in [0.4, 0.5) is 34.1 Å². The molecule has 0 bridgehead atoms. The zero-order valence-electron chi connectivity index (χ0n) is 32.4.